The third-order valence-electron chi connectivity index (χ3n) is 4.43. The summed E-state index contributed by atoms with van der Waals surface area (Å²) in [4.78, 5) is 18.6. The van der Waals surface area contributed by atoms with E-state index in [9.17, 15) is 4.79 Å². The average Bonchev–Trinajstić information content (AvgIpc) is 2.62. The zero-order valence-corrected chi connectivity index (χ0v) is 13.5. The zero-order chi connectivity index (χ0) is 15.9. The number of rotatable bonds is 5. The molecule has 1 aromatic heterocycles. The fraction of sp³-hybridized carbons (Fsp3) is 0.647. The van der Waals surface area contributed by atoms with E-state index in [1.165, 1.54) is 6.42 Å². The summed E-state index contributed by atoms with van der Waals surface area (Å²) in [5.41, 5.74) is 1.07. The Balaban J connectivity index is 1.44. The van der Waals surface area contributed by atoms with Gasteiger partial charge in [-0.25, -0.2) is 4.98 Å². The first-order valence-electron chi connectivity index (χ1n) is 8.47. The van der Waals surface area contributed by atoms with Crippen LogP contribution in [0.25, 0.3) is 0 Å². The van der Waals surface area contributed by atoms with E-state index in [4.69, 9.17) is 9.47 Å². The minimum absolute atomic E-state index is 0.0298. The van der Waals surface area contributed by atoms with E-state index in [2.05, 4.69) is 15.2 Å². The maximum absolute atomic E-state index is 12.0. The molecule has 0 aromatic carbocycles. The number of carbonyl (C=O) groups excluding carboxylic acids is 1. The first kappa shape index (κ1) is 16.2. The summed E-state index contributed by atoms with van der Waals surface area (Å²) in [7, 11) is 0. The van der Waals surface area contributed by atoms with Gasteiger partial charge in [0.1, 0.15) is 5.82 Å². The first-order valence-corrected chi connectivity index (χ1v) is 8.47. The number of anilines is 2. The predicted octanol–water partition coefficient (Wildman–Crippen LogP) is 2.06. The minimum Gasteiger partial charge on any atom is -0.381 e. The Morgan fingerprint density at radius 3 is 2.83 bits per heavy atom. The summed E-state index contributed by atoms with van der Waals surface area (Å²) >= 11 is 0. The Morgan fingerprint density at radius 2 is 2.13 bits per heavy atom. The fourth-order valence-corrected chi connectivity index (χ4v) is 3.04. The van der Waals surface area contributed by atoms with Gasteiger partial charge in [-0.1, -0.05) is 0 Å². The van der Waals surface area contributed by atoms with Gasteiger partial charge in [0.25, 0.3) is 0 Å². The molecule has 0 bridgehead atoms. The molecule has 1 N–H and O–H groups in total. The van der Waals surface area contributed by atoms with Crippen LogP contribution >= 0.6 is 0 Å². The summed E-state index contributed by atoms with van der Waals surface area (Å²) in [6, 6.07) is 3.87. The molecule has 1 aromatic rings. The van der Waals surface area contributed by atoms with Crippen molar-refractivity contribution in [3.8, 4) is 0 Å². The summed E-state index contributed by atoms with van der Waals surface area (Å²) in [6.45, 7) is 4.93. The van der Waals surface area contributed by atoms with Gasteiger partial charge in [-0.05, 0) is 37.3 Å². The zero-order valence-electron chi connectivity index (χ0n) is 13.5. The third kappa shape index (κ3) is 4.91. The normalized spacial score (nSPS) is 21.9. The van der Waals surface area contributed by atoms with Gasteiger partial charge in [0.2, 0.25) is 5.91 Å². The molecule has 3 heterocycles. The number of hydrogen-bond acceptors (Lipinski definition) is 5. The van der Waals surface area contributed by atoms with Crippen LogP contribution in [0.1, 0.15) is 25.7 Å². The first-order chi connectivity index (χ1) is 11.3. The van der Waals surface area contributed by atoms with Crippen LogP contribution < -0.4 is 10.2 Å². The molecular weight excluding hydrogens is 294 g/mol. The second kappa shape index (κ2) is 8.26. The lowest BCUT2D eigenvalue weighted by molar-refractivity contribution is -0.116. The molecule has 6 nitrogen and oxygen atoms in total. The minimum atomic E-state index is 0.0298. The van der Waals surface area contributed by atoms with E-state index in [-0.39, 0.29) is 5.91 Å². The van der Waals surface area contributed by atoms with Crippen LogP contribution in [0.15, 0.2) is 18.3 Å². The summed E-state index contributed by atoms with van der Waals surface area (Å²) in [5, 5.41) is 2.88. The molecule has 2 aliphatic heterocycles. The summed E-state index contributed by atoms with van der Waals surface area (Å²) < 4.78 is 10.8. The molecule has 6 heteroatoms. The molecule has 0 spiro atoms. The van der Waals surface area contributed by atoms with E-state index in [0.29, 0.717) is 18.2 Å². The van der Waals surface area contributed by atoms with E-state index >= 15 is 0 Å². The molecule has 1 atom stereocenters. The second-order valence-corrected chi connectivity index (χ2v) is 6.17. The molecule has 0 aliphatic carbocycles. The number of morpholine rings is 1. The number of carbonyl (C=O) groups is 1. The van der Waals surface area contributed by atoms with Crippen molar-refractivity contribution in [1.29, 1.82) is 0 Å². The molecule has 2 aliphatic rings. The topological polar surface area (TPSA) is 63.7 Å². The summed E-state index contributed by atoms with van der Waals surface area (Å²) in [6.07, 6.45) is 5.51. The fourth-order valence-electron chi connectivity index (χ4n) is 3.04. The lowest BCUT2D eigenvalue weighted by Gasteiger charge is -2.28. The highest BCUT2D eigenvalue weighted by molar-refractivity contribution is 5.89. The number of nitrogens with one attached hydrogen (secondary N) is 1. The molecule has 2 fully saturated rings. The van der Waals surface area contributed by atoms with Crippen molar-refractivity contribution in [2.75, 3.05) is 49.7 Å². The largest absolute Gasteiger partial charge is 0.381 e. The van der Waals surface area contributed by atoms with Crippen molar-refractivity contribution in [2.24, 2.45) is 5.92 Å². The lowest BCUT2D eigenvalue weighted by Crippen LogP contribution is -2.36. The maximum Gasteiger partial charge on any atom is 0.225 e. The molecular formula is C17H25N3O3. The van der Waals surface area contributed by atoms with Gasteiger partial charge in [0.05, 0.1) is 25.1 Å². The number of aromatic nitrogens is 1. The van der Waals surface area contributed by atoms with E-state index in [1.807, 2.05) is 18.3 Å². The van der Waals surface area contributed by atoms with Crippen molar-refractivity contribution in [3.05, 3.63) is 18.3 Å². The molecule has 1 unspecified atom stereocenters. The van der Waals surface area contributed by atoms with Gasteiger partial charge in [0.15, 0.2) is 0 Å². The van der Waals surface area contributed by atoms with E-state index < -0.39 is 0 Å². The van der Waals surface area contributed by atoms with Gasteiger partial charge in [0, 0.05) is 32.7 Å². The van der Waals surface area contributed by atoms with Gasteiger partial charge >= 0.3 is 0 Å². The van der Waals surface area contributed by atoms with Gasteiger partial charge < -0.3 is 19.7 Å². The van der Waals surface area contributed by atoms with Crippen LogP contribution in [0, 0.1) is 5.92 Å². The van der Waals surface area contributed by atoms with Crippen LogP contribution in [0.4, 0.5) is 11.5 Å². The van der Waals surface area contributed by atoms with Crippen LogP contribution in [0.5, 0.6) is 0 Å². The quantitative estimate of drug-likeness (QED) is 0.900. The second-order valence-electron chi connectivity index (χ2n) is 6.17. The van der Waals surface area contributed by atoms with Crippen LogP contribution in [0.2, 0.25) is 0 Å². The number of amides is 1. The number of hydrogen-bond donors (Lipinski definition) is 1. The van der Waals surface area contributed by atoms with Crippen LogP contribution in [0.3, 0.4) is 0 Å². The van der Waals surface area contributed by atoms with Gasteiger partial charge in [-0.2, -0.15) is 0 Å². The van der Waals surface area contributed by atoms with Crippen LogP contribution in [-0.2, 0) is 14.3 Å². The molecule has 1 amide bonds. The SMILES string of the molecule is O=C(CCC1CCCOC1)Nc1ccc(N2CCOCC2)cn1. The van der Waals surface area contributed by atoms with Gasteiger partial charge in [-0.15, -0.1) is 0 Å². The average molecular weight is 319 g/mol. The Hall–Kier alpha value is -1.66. The van der Waals surface area contributed by atoms with Crippen molar-refractivity contribution in [1.82, 2.24) is 4.98 Å². The molecule has 23 heavy (non-hydrogen) atoms. The highest BCUT2D eigenvalue weighted by Crippen LogP contribution is 2.20. The smallest absolute Gasteiger partial charge is 0.225 e. The maximum atomic E-state index is 12.0. The molecule has 2 saturated heterocycles. The third-order valence-corrected chi connectivity index (χ3v) is 4.43. The van der Waals surface area contributed by atoms with E-state index in [1.54, 1.807) is 0 Å². The Morgan fingerprint density at radius 1 is 1.26 bits per heavy atom. The number of ether oxygens (including phenoxy) is 2. The molecule has 0 radical (unpaired) electrons. The summed E-state index contributed by atoms with van der Waals surface area (Å²) in [5.74, 6) is 1.17. The van der Waals surface area contributed by atoms with Crippen molar-refractivity contribution >= 4 is 17.4 Å². The van der Waals surface area contributed by atoms with Crippen molar-refractivity contribution in [2.45, 2.75) is 25.7 Å². The highest BCUT2D eigenvalue weighted by atomic mass is 16.5. The lowest BCUT2D eigenvalue weighted by atomic mass is 9.97. The number of nitrogens with zero attached hydrogens (tertiary/aromatic N) is 2. The Bertz CT molecular complexity index is 494. The highest BCUT2D eigenvalue weighted by Gasteiger charge is 2.16. The monoisotopic (exact) mass is 319 g/mol. The van der Waals surface area contributed by atoms with E-state index in [0.717, 1.165) is 58.0 Å². The van der Waals surface area contributed by atoms with Crippen molar-refractivity contribution < 1.29 is 14.3 Å². The Labute approximate surface area is 137 Å². The molecule has 0 saturated carbocycles. The number of pyridine rings is 1. The Kier molecular flexibility index (Phi) is 5.82. The van der Waals surface area contributed by atoms with Crippen molar-refractivity contribution in [3.63, 3.8) is 0 Å². The predicted molar refractivity (Wildman–Crippen MR) is 88.7 cm³/mol. The molecule has 3 rings (SSSR count). The standard InChI is InChI=1S/C17H25N3O3/c21-17(6-3-14-2-1-9-23-13-14)19-16-5-4-15(12-18-16)20-7-10-22-11-8-20/h4-5,12,14H,1-3,6-11,13H2,(H,18,19,21). The molecule has 126 valence electrons. The van der Waals surface area contributed by atoms with Crippen LogP contribution in [-0.4, -0.2) is 50.4 Å². The van der Waals surface area contributed by atoms with Gasteiger partial charge in [-0.3, -0.25) is 4.79 Å².